The van der Waals surface area contributed by atoms with Gasteiger partial charge in [0.15, 0.2) is 11.5 Å². The number of nitrogens with two attached hydrogens (primary N) is 1. The molecule has 0 unspecified atom stereocenters. The number of amides is 1. The van der Waals surface area contributed by atoms with Gasteiger partial charge in [0.2, 0.25) is 0 Å². The fourth-order valence-corrected chi connectivity index (χ4v) is 5.37. The highest BCUT2D eigenvalue weighted by molar-refractivity contribution is 6.30. The largest absolute Gasteiger partial charge is 0.490 e. The summed E-state index contributed by atoms with van der Waals surface area (Å²) in [4.78, 5) is 24.1. The molecule has 31 heavy (non-hydrogen) atoms. The lowest BCUT2D eigenvalue weighted by Gasteiger charge is -2.47. The Morgan fingerprint density at radius 1 is 1.29 bits per heavy atom. The van der Waals surface area contributed by atoms with Crippen LogP contribution in [0.15, 0.2) is 41.7 Å². The fraction of sp³-hybridized carbons (Fsp3) is 0.435. The minimum atomic E-state index is -1.12. The van der Waals surface area contributed by atoms with Crippen molar-refractivity contribution in [2.24, 2.45) is 16.6 Å². The van der Waals surface area contributed by atoms with Crippen LogP contribution in [0, 0.1) is 5.92 Å². The second-order valence-corrected chi connectivity index (χ2v) is 8.79. The van der Waals surface area contributed by atoms with E-state index in [1.54, 1.807) is 19.4 Å². The minimum Gasteiger partial charge on any atom is -0.490 e. The highest BCUT2D eigenvalue weighted by atomic mass is 35.5. The number of halogens is 1. The van der Waals surface area contributed by atoms with Crippen molar-refractivity contribution in [3.05, 3.63) is 47.2 Å². The number of hydrogen-bond acceptors (Lipinski definition) is 6. The van der Waals surface area contributed by atoms with Crippen LogP contribution in [0.1, 0.15) is 31.7 Å². The van der Waals surface area contributed by atoms with Gasteiger partial charge in [-0.15, -0.1) is 0 Å². The third-order valence-corrected chi connectivity index (χ3v) is 6.86. The van der Waals surface area contributed by atoms with Gasteiger partial charge in [-0.2, -0.15) is 0 Å². The van der Waals surface area contributed by atoms with Crippen LogP contribution >= 0.6 is 11.6 Å². The first kappa shape index (κ1) is 20.3. The first-order valence-electron chi connectivity index (χ1n) is 10.6. The second kappa shape index (κ2) is 7.50. The third kappa shape index (κ3) is 3.10. The Balaban J connectivity index is 1.67. The van der Waals surface area contributed by atoms with E-state index in [2.05, 4.69) is 4.98 Å². The summed E-state index contributed by atoms with van der Waals surface area (Å²) in [5.41, 5.74) is 7.54. The summed E-state index contributed by atoms with van der Waals surface area (Å²) in [6, 6.07) is 7.69. The van der Waals surface area contributed by atoms with Crippen molar-refractivity contribution in [1.29, 1.82) is 0 Å². The lowest BCUT2D eigenvalue weighted by atomic mass is 9.66. The molecule has 1 amide bonds. The van der Waals surface area contributed by atoms with E-state index < -0.39 is 5.54 Å². The zero-order valence-electron chi connectivity index (χ0n) is 17.5. The zero-order chi connectivity index (χ0) is 21.8. The van der Waals surface area contributed by atoms with Gasteiger partial charge in [0.1, 0.15) is 11.9 Å². The average Bonchev–Trinajstić information content (AvgIpc) is 2.99. The SMILES string of the molecule is CCO[C@H]1CC[C@@H]2Oc3ccc(-c4cncc(Cl)c4)cc3[C@]3(N=C(N)N(C)C3=O)[C@H]2C1. The molecular weight excluding hydrogens is 416 g/mol. The van der Waals surface area contributed by atoms with Crippen molar-refractivity contribution in [2.45, 2.75) is 43.9 Å². The van der Waals surface area contributed by atoms with E-state index in [1.807, 2.05) is 31.2 Å². The molecule has 3 aliphatic rings. The molecule has 2 aromatic rings. The number of benzene rings is 1. The second-order valence-electron chi connectivity index (χ2n) is 8.36. The predicted molar refractivity (Wildman–Crippen MR) is 118 cm³/mol. The number of aromatic nitrogens is 1. The van der Waals surface area contributed by atoms with Gasteiger partial charge in [-0.05, 0) is 49.9 Å². The lowest BCUT2D eigenvalue weighted by Crippen LogP contribution is -2.55. The van der Waals surface area contributed by atoms with E-state index in [0.717, 1.165) is 29.5 Å². The number of hydrogen-bond donors (Lipinski definition) is 1. The number of aliphatic imine (C=N–C) groups is 1. The molecular formula is C23H25ClN4O3. The van der Waals surface area contributed by atoms with Crippen molar-refractivity contribution in [3.63, 3.8) is 0 Å². The Labute approximate surface area is 186 Å². The molecule has 4 atom stereocenters. The van der Waals surface area contributed by atoms with E-state index in [9.17, 15) is 4.79 Å². The van der Waals surface area contributed by atoms with Gasteiger partial charge < -0.3 is 15.2 Å². The van der Waals surface area contributed by atoms with Gasteiger partial charge in [0, 0.05) is 43.1 Å². The summed E-state index contributed by atoms with van der Waals surface area (Å²) in [6.45, 7) is 2.63. The van der Waals surface area contributed by atoms with Gasteiger partial charge >= 0.3 is 0 Å². The average molecular weight is 441 g/mol. The Morgan fingerprint density at radius 2 is 2.13 bits per heavy atom. The fourth-order valence-electron chi connectivity index (χ4n) is 5.19. The molecule has 0 bridgehead atoms. The summed E-state index contributed by atoms with van der Waals surface area (Å²) in [5, 5.41) is 0.548. The standard InChI is InChI=1S/C23H25ClN4O3/c1-3-30-16-5-7-20-18(10-16)23(21(29)28(2)22(25)27-23)17-9-13(4-6-19(17)31-20)14-8-15(24)12-26-11-14/h4,6,8-9,11-12,16,18,20H,3,5,7,10H2,1-2H3,(H2,25,27)/t16-,18-,20-,23-/m0/s1. The van der Waals surface area contributed by atoms with Crippen LogP contribution < -0.4 is 10.5 Å². The van der Waals surface area contributed by atoms with Gasteiger partial charge in [0.25, 0.3) is 5.91 Å². The van der Waals surface area contributed by atoms with E-state index in [-0.39, 0.29) is 30.0 Å². The molecule has 162 valence electrons. The van der Waals surface area contributed by atoms with Gasteiger partial charge in [-0.25, -0.2) is 4.99 Å². The summed E-state index contributed by atoms with van der Waals surface area (Å²) in [7, 11) is 1.67. The number of fused-ring (bicyclic) bond motifs is 4. The highest BCUT2D eigenvalue weighted by Gasteiger charge is 2.61. The maximum Gasteiger partial charge on any atom is 0.262 e. The number of pyridine rings is 1. The number of carbonyl (C=O) groups is 1. The van der Waals surface area contributed by atoms with Crippen LogP contribution in [0.5, 0.6) is 5.75 Å². The summed E-state index contributed by atoms with van der Waals surface area (Å²) in [5.74, 6) is 0.622. The quantitative estimate of drug-likeness (QED) is 0.790. The monoisotopic (exact) mass is 440 g/mol. The smallest absolute Gasteiger partial charge is 0.262 e. The van der Waals surface area contributed by atoms with E-state index in [1.165, 1.54) is 4.90 Å². The van der Waals surface area contributed by atoms with Crippen LogP contribution in [0.3, 0.4) is 0 Å². The maximum absolute atomic E-state index is 13.7. The van der Waals surface area contributed by atoms with E-state index >= 15 is 0 Å². The molecule has 1 spiro atoms. The molecule has 2 N–H and O–H groups in total. The van der Waals surface area contributed by atoms with Crippen LogP contribution in [0.4, 0.5) is 0 Å². The summed E-state index contributed by atoms with van der Waals surface area (Å²) in [6.07, 6.45) is 5.70. The predicted octanol–water partition coefficient (Wildman–Crippen LogP) is 3.35. The Morgan fingerprint density at radius 3 is 2.84 bits per heavy atom. The third-order valence-electron chi connectivity index (χ3n) is 6.65. The number of rotatable bonds is 3. The number of likely N-dealkylation sites (N-methyl/N-ethyl adjacent to an activating group) is 1. The lowest BCUT2D eigenvalue weighted by molar-refractivity contribution is -0.139. The van der Waals surface area contributed by atoms with Gasteiger partial charge in [0.05, 0.1) is 11.1 Å². The molecule has 1 saturated carbocycles. The van der Waals surface area contributed by atoms with Crippen LogP contribution in [-0.4, -0.2) is 47.6 Å². The Kier molecular flexibility index (Phi) is 4.90. The molecule has 0 saturated heterocycles. The van der Waals surface area contributed by atoms with E-state index in [4.69, 9.17) is 31.8 Å². The van der Waals surface area contributed by atoms with Crippen LogP contribution in [0.25, 0.3) is 11.1 Å². The van der Waals surface area contributed by atoms with Crippen molar-refractivity contribution in [2.75, 3.05) is 13.7 Å². The molecule has 1 fully saturated rings. The first-order valence-corrected chi connectivity index (χ1v) is 11.0. The van der Waals surface area contributed by atoms with Gasteiger partial charge in [-0.1, -0.05) is 17.7 Å². The maximum atomic E-state index is 13.7. The molecule has 1 aromatic carbocycles. The number of carbonyl (C=O) groups excluding carboxylic acids is 1. The molecule has 2 aliphatic heterocycles. The van der Waals surface area contributed by atoms with Crippen molar-refractivity contribution >= 4 is 23.5 Å². The molecule has 1 aromatic heterocycles. The van der Waals surface area contributed by atoms with Crippen molar-refractivity contribution in [1.82, 2.24) is 9.88 Å². The number of nitrogens with zero attached hydrogens (tertiary/aromatic N) is 3. The van der Waals surface area contributed by atoms with Crippen LogP contribution in [-0.2, 0) is 15.1 Å². The molecule has 1 aliphatic carbocycles. The zero-order valence-corrected chi connectivity index (χ0v) is 18.3. The highest BCUT2D eigenvalue weighted by Crippen LogP contribution is 2.54. The number of guanidine groups is 1. The van der Waals surface area contributed by atoms with E-state index in [0.29, 0.717) is 23.8 Å². The molecule has 3 heterocycles. The Bertz CT molecular complexity index is 1070. The molecule has 7 nitrogen and oxygen atoms in total. The normalized spacial score (nSPS) is 29.4. The van der Waals surface area contributed by atoms with Crippen LogP contribution in [0.2, 0.25) is 5.02 Å². The molecule has 5 rings (SSSR count). The van der Waals surface area contributed by atoms with Crippen molar-refractivity contribution < 1.29 is 14.3 Å². The summed E-state index contributed by atoms with van der Waals surface area (Å²) < 4.78 is 12.3. The Hall–Kier alpha value is -2.64. The molecule has 0 radical (unpaired) electrons. The summed E-state index contributed by atoms with van der Waals surface area (Å²) >= 11 is 6.16. The number of ether oxygens (including phenoxy) is 2. The minimum absolute atomic E-state index is 0.0729. The topological polar surface area (TPSA) is 90.0 Å². The molecule has 8 heteroatoms. The van der Waals surface area contributed by atoms with Gasteiger partial charge in [-0.3, -0.25) is 14.7 Å². The van der Waals surface area contributed by atoms with Crippen molar-refractivity contribution in [3.8, 4) is 16.9 Å². The first-order chi connectivity index (χ1) is 14.9.